The van der Waals surface area contributed by atoms with E-state index in [-0.39, 0.29) is 32.2 Å². The van der Waals surface area contributed by atoms with Crippen LogP contribution < -0.4 is 24.7 Å². The fourth-order valence-electron chi connectivity index (χ4n) is 5.09. The van der Waals surface area contributed by atoms with Crippen molar-refractivity contribution in [2.24, 2.45) is 11.7 Å². The van der Waals surface area contributed by atoms with Crippen molar-refractivity contribution in [2.75, 3.05) is 59.4 Å². The third-order valence-corrected chi connectivity index (χ3v) is 7.55. The van der Waals surface area contributed by atoms with Gasteiger partial charge in [-0.3, -0.25) is 14.5 Å². The zero-order valence-electron chi connectivity index (χ0n) is 21.6. The molecule has 37 heavy (non-hydrogen) atoms. The van der Waals surface area contributed by atoms with E-state index in [0.29, 0.717) is 49.0 Å². The summed E-state index contributed by atoms with van der Waals surface area (Å²) in [6.07, 6.45) is 3.04. The number of nitrogens with one attached hydrogen (secondary N) is 1. The van der Waals surface area contributed by atoms with Crippen LogP contribution in [0, 0.1) is 5.92 Å². The average molecular weight is 543 g/mol. The SMILES string of the molecule is CCCCN(CCN)C(=O)CN1C[C@H](c2cc(OC)c3c(c2)OCO3)[C@@H](C(=O)O)[C@@H]1CCNS(C)(=O)=O. The summed E-state index contributed by atoms with van der Waals surface area (Å²) in [5, 5.41) is 10.3. The minimum absolute atomic E-state index is 0.00915. The minimum atomic E-state index is -3.46. The van der Waals surface area contributed by atoms with Gasteiger partial charge in [-0.1, -0.05) is 13.3 Å². The quantitative estimate of drug-likeness (QED) is 0.300. The molecule has 1 amide bonds. The lowest BCUT2D eigenvalue weighted by atomic mass is 9.84. The van der Waals surface area contributed by atoms with E-state index in [1.54, 1.807) is 17.0 Å². The van der Waals surface area contributed by atoms with Crippen molar-refractivity contribution < 1.29 is 37.3 Å². The summed E-state index contributed by atoms with van der Waals surface area (Å²) < 4.78 is 42.2. The Balaban J connectivity index is 1.92. The molecule has 0 aromatic heterocycles. The number of nitrogens with two attached hydrogens (primary N) is 1. The Labute approximate surface area is 218 Å². The van der Waals surface area contributed by atoms with E-state index in [4.69, 9.17) is 19.9 Å². The van der Waals surface area contributed by atoms with Gasteiger partial charge in [0.25, 0.3) is 0 Å². The van der Waals surface area contributed by atoms with Crippen LogP contribution in [0.15, 0.2) is 12.1 Å². The van der Waals surface area contributed by atoms with Crippen molar-refractivity contribution in [1.82, 2.24) is 14.5 Å². The van der Waals surface area contributed by atoms with Gasteiger partial charge in [-0.05, 0) is 30.5 Å². The Morgan fingerprint density at radius 1 is 1.30 bits per heavy atom. The summed E-state index contributed by atoms with van der Waals surface area (Å²) in [6.45, 7) is 3.75. The number of carboxylic acid groups (broad SMARTS) is 1. The number of likely N-dealkylation sites (tertiary alicyclic amines) is 1. The number of benzene rings is 1. The van der Waals surface area contributed by atoms with Crippen molar-refractivity contribution >= 4 is 21.9 Å². The first kappa shape index (κ1) is 29.0. The number of fused-ring (bicyclic) bond motifs is 1. The second kappa shape index (κ2) is 12.8. The van der Waals surface area contributed by atoms with E-state index in [1.165, 1.54) is 7.11 Å². The molecule has 1 saturated heterocycles. The fourth-order valence-corrected chi connectivity index (χ4v) is 5.57. The van der Waals surface area contributed by atoms with Crippen LogP contribution in [0.2, 0.25) is 0 Å². The standard InChI is InChI=1S/C24H38N4O8S/c1-4-5-9-27(10-7-25)21(29)14-28-13-17(16-11-19(34-2)23-20(12-16)35-15-36-23)22(24(30)31)18(28)6-8-26-37(3,32)33/h11-12,17-18,22,26H,4-10,13-15,25H2,1-3H3,(H,30,31)/t17-,18+,22-/m1/s1. The summed E-state index contributed by atoms with van der Waals surface area (Å²) in [5.41, 5.74) is 6.42. The monoisotopic (exact) mass is 542 g/mol. The van der Waals surface area contributed by atoms with E-state index in [0.717, 1.165) is 19.1 Å². The van der Waals surface area contributed by atoms with E-state index in [2.05, 4.69) is 4.72 Å². The second-order valence-corrected chi connectivity index (χ2v) is 11.2. The largest absolute Gasteiger partial charge is 0.493 e. The molecule has 0 saturated carbocycles. The lowest BCUT2D eigenvalue weighted by Crippen LogP contribution is -2.46. The number of carbonyl (C=O) groups excluding carboxylic acids is 1. The number of hydrogen-bond donors (Lipinski definition) is 3. The van der Waals surface area contributed by atoms with Crippen molar-refractivity contribution in [1.29, 1.82) is 0 Å². The molecule has 4 N–H and O–H groups in total. The third kappa shape index (κ3) is 7.24. The number of carbonyl (C=O) groups is 2. The first-order chi connectivity index (χ1) is 17.6. The Kier molecular flexibility index (Phi) is 9.99. The van der Waals surface area contributed by atoms with Gasteiger partial charge in [0.05, 0.1) is 25.8 Å². The summed E-state index contributed by atoms with van der Waals surface area (Å²) in [7, 11) is -1.96. The highest BCUT2D eigenvalue weighted by molar-refractivity contribution is 7.88. The molecule has 1 aromatic rings. The average Bonchev–Trinajstić information content (AvgIpc) is 3.45. The highest BCUT2D eigenvalue weighted by Crippen LogP contribution is 2.47. The van der Waals surface area contributed by atoms with E-state index in [9.17, 15) is 23.1 Å². The molecular formula is C24H38N4O8S. The Morgan fingerprint density at radius 2 is 2.05 bits per heavy atom. The molecule has 0 spiro atoms. The molecule has 0 unspecified atom stereocenters. The van der Waals surface area contributed by atoms with Gasteiger partial charge in [0.1, 0.15) is 0 Å². The maximum absolute atomic E-state index is 13.3. The molecule has 0 radical (unpaired) electrons. The molecule has 1 aromatic carbocycles. The number of methoxy groups -OCH3 is 1. The molecule has 0 aliphatic carbocycles. The van der Waals surface area contributed by atoms with Crippen LogP contribution in [0.1, 0.15) is 37.7 Å². The molecule has 208 valence electrons. The van der Waals surface area contributed by atoms with Gasteiger partial charge in [0.2, 0.25) is 28.5 Å². The van der Waals surface area contributed by atoms with Crippen molar-refractivity contribution in [3.8, 4) is 17.2 Å². The Hall–Kier alpha value is -2.61. The fraction of sp³-hybridized carbons (Fsp3) is 0.667. The number of sulfonamides is 1. The van der Waals surface area contributed by atoms with Crippen LogP contribution in [0.4, 0.5) is 0 Å². The van der Waals surface area contributed by atoms with Crippen LogP contribution in [0.25, 0.3) is 0 Å². The Morgan fingerprint density at radius 3 is 2.68 bits per heavy atom. The predicted octanol–water partition coefficient (Wildman–Crippen LogP) is 0.419. The molecule has 3 rings (SSSR count). The van der Waals surface area contributed by atoms with Crippen molar-refractivity contribution in [3.63, 3.8) is 0 Å². The van der Waals surface area contributed by atoms with E-state index >= 15 is 0 Å². The maximum atomic E-state index is 13.3. The topological polar surface area (TPSA) is 161 Å². The van der Waals surface area contributed by atoms with Gasteiger partial charge in [0.15, 0.2) is 11.5 Å². The van der Waals surface area contributed by atoms with E-state index < -0.39 is 33.9 Å². The number of aliphatic carboxylic acids is 1. The Bertz CT molecular complexity index is 1070. The van der Waals surface area contributed by atoms with Crippen LogP contribution in [-0.4, -0.2) is 101 Å². The third-order valence-electron chi connectivity index (χ3n) is 6.82. The first-order valence-corrected chi connectivity index (χ1v) is 14.4. The molecule has 3 atom stereocenters. The predicted molar refractivity (Wildman–Crippen MR) is 136 cm³/mol. The number of rotatable bonds is 14. The van der Waals surface area contributed by atoms with E-state index in [1.807, 2.05) is 11.8 Å². The van der Waals surface area contributed by atoms with Crippen LogP contribution in [0.5, 0.6) is 17.2 Å². The smallest absolute Gasteiger partial charge is 0.308 e. The molecule has 13 heteroatoms. The number of nitrogens with zero attached hydrogens (tertiary/aromatic N) is 2. The molecule has 2 aliphatic rings. The zero-order chi connectivity index (χ0) is 27.2. The summed E-state index contributed by atoms with van der Waals surface area (Å²) >= 11 is 0. The van der Waals surface area contributed by atoms with Crippen molar-refractivity contribution in [2.45, 2.75) is 38.1 Å². The molecule has 1 fully saturated rings. The summed E-state index contributed by atoms with van der Waals surface area (Å²) in [5.74, 6) is -1.16. The van der Waals surface area contributed by atoms with Crippen LogP contribution >= 0.6 is 0 Å². The highest BCUT2D eigenvalue weighted by atomic mass is 32.2. The maximum Gasteiger partial charge on any atom is 0.308 e. The highest BCUT2D eigenvalue weighted by Gasteiger charge is 2.47. The number of unbranched alkanes of at least 4 members (excludes halogenated alkanes) is 1. The number of hydrogen-bond acceptors (Lipinski definition) is 9. The second-order valence-electron chi connectivity index (χ2n) is 9.40. The molecule has 2 aliphatic heterocycles. The van der Waals surface area contributed by atoms with Gasteiger partial charge < -0.3 is 30.0 Å². The van der Waals surface area contributed by atoms with Gasteiger partial charge in [-0.15, -0.1) is 0 Å². The summed E-state index contributed by atoms with van der Waals surface area (Å²) in [6, 6.07) is 2.92. The van der Waals surface area contributed by atoms with Crippen LogP contribution in [-0.2, 0) is 19.6 Å². The summed E-state index contributed by atoms with van der Waals surface area (Å²) in [4.78, 5) is 29.4. The molecular weight excluding hydrogens is 504 g/mol. The van der Waals surface area contributed by atoms with Gasteiger partial charge in [0, 0.05) is 44.7 Å². The molecule has 12 nitrogen and oxygen atoms in total. The lowest BCUT2D eigenvalue weighted by molar-refractivity contribution is -0.143. The first-order valence-electron chi connectivity index (χ1n) is 12.5. The van der Waals surface area contributed by atoms with Crippen molar-refractivity contribution in [3.05, 3.63) is 17.7 Å². The number of amides is 1. The number of ether oxygens (including phenoxy) is 3. The van der Waals surface area contributed by atoms with Crippen LogP contribution in [0.3, 0.4) is 0 Å². The number of carboxylic acids is 1. The minimum Gasteiger partial charge on any atom is -0.493 e. The molecule has 2 heterocycles. The normalized spacial score (nSPS) is 21.2. The lowest BCUT2D eigenvalue weighted by Gasteiger charge is -2.29. The molecule has 0 bridgehead atoms. The van der Waals surface area contributed by atoms with Gasteiger partial charge in [-0.25, -0.2) is 13.1 Å². The zero-order valence-corrected chi connectivity index (χ0v) is 22.5. The van der Waals surface area contributed by atoms with Gasteiger partial charge >= 0.3 is 5.97 Å². The van der Waals surface area contributed by atoms with Gasteiger partial charge in [-0.2, -0.15) is 0 Å².